The number of ether oxygens (including phenoxy) is 2. The van der Waals surface area contributed by atoms with Crippen molar-refractivity contribution in [2.24, 2.45) is 0 Å². The third kappa shape index (κ3) is 6.55. The fourth-order valence-electron chi connectivity index (χ4n) is 1.91. The lowest BCUT2D eigenvalue weighted by Gasteiger charge is -2.20. The standard InChI is InChI=1S/C17H25NO6/c1-5-23-15(21)14(20)13(19)12-8-6-7-11(9-12)10-18-16(22)24-17(2,3)4/h6-9,13-14,19-20H,5,10H2,1-4H3,(H,18,22). The van der Waals surface area contributed by atoms with Crippen LogP contribution in [0.5, 0.6) is 0 Å². The van der Waals surface area contributed by atoms with E-state index in [-0.39, 0.29) is 13.2 Å². The molecule has 3 N–H and O–H groups in total. The van der Waals surface area contributed by atoms with Crippen LogP contribution in [-0.2, 0) is 20.8 Å². The van der Waals surface area contributed by atoms with E-state index in [9.17, 15) is 19.8 Å². The predicted octanol–water partition coefficient (Wildman–Crippen LogP) is 1.67. The first-order chi connectivity index (χ1) is 11.1. The van der Waals surface area contributed by atoms with E-state index in [1.54, 1.807) is 52.0 Å². The van der Waals surface area contributed by atoms with E-state index in [2.05, 4.69) is 10.1 Å². The molecule has 0 saturated carbocycles. The van der Waals surface area contributed by atoms with Crippen LogP contribution in [-0.4, -0.2) is 40.6 Å². The maximum absolute atomic E-state index is 11.6. The van der Waals surface area contributed by atoms with Crippen molar-refractivity contribution in [2.45, 2.75) is 52.0 Å². The van der Waals surface area contributed by atoms with E-state index < -0.39 is 29.9 Å². The summed E-state index contributed by atoms with van der Waals surface area (Å²) in [6.45, 7) is 7.20. The van der Waals surface area contributed by atoms with Crippen LogP contribution in [0.1, 0.15) is 44.9 Å². The molecule has 0 saturated heterocycles. The highest BCUT2D eigenvalue weighted by Gasteiger charge is 2.27. The number of carbonyl (C=O) groups is 2. The number of aliphatic hydroxyl groups is 2. The summed E-state index contributed by atoms with van der Waals surface area (Å²) >= 11 is 0. The number of hydrogen-bond acceptors (Lipinski definition) is 6. The van der Waals surface area contributed by atoms with Gasteiger partial charge in [0.1, 0.15) is 11.7 Å². The van der Waals surface area contributed by atoms with Crippen molar-refractivity contribution >= 4 is 12.1 Å². The molecule has 1 aromatic rings. The zero-order valence-electron chi connectivity index (χ0n) is 14.4. The molecule has 0 heterocycles. The van der Waals surface area contributed by atoms with Crippen molar-refractivity contribution in [2.75, 3.05) is 6.61 Å². The van der Waals surface area contributed by atoms with Gasteiger partial charge in [-0.3, -0.25) is 0 Å². The Kier molecular flexibility index (Phi) is 7.18. The molecule has 0 fully saturated rings. The summed E-state index contributed by atoms with van der Waals surface area (Å²) in [5.41, 5.74) is 0.443. The maximum Gasteiger partial charge on any atom is 0.407 e. The summed E-state index contributed by atoms with van der Waals surface area (Å²) in [4.78, 5) is 23.1. The second-order valence-corrected chi connectivity index (χ2v) is 6.24. The minimum atomic E-state index is -1.67. The first-order valence-electron chi connectivity index (χ1n) is 7.72. The Morgan fingerprint density at radius 2 is 1.92 bits per heavy atom. The number of rotatable bonds is 6. The second kappa shape index (κ2) is 8.65. The molecule has 7 heteroatoms. The molecular formula is C17H25NO6. The predicted molar refractivity (Wildman–Crippen MR) is 87.1 cm³/mol. The number of carbonyl (C=O) groups excluding carboxylic acids is 2. The molecule has 1 amide bonds. The molecule has 0 aromatic heterocycles. The van der Waals surface area contributed by atoms with Gasteiger partial charge < -0.3 is 25.0 Å². The summed E-state index contributed by atoms with van der Waals surface area (Å²) < 4.78 is 9.81. The Morgan fingerprint density at radius 3 is 2.50 bits per heavy atom. The first kappa shape index (κ1) is 19.9. The molecule has 2 unspecified atom stereocenters. The van der Waals surface area contributed by atoms with Crippen molar-refractivity contribution < 1.29 is 29.3 Å². The van der Waals surface area contributed by atoms with Gasteiger partial charge in [0.25, 0.3) is 0 Å². The quantitative estimate of drug-likeness (QED) is 0.681. The van der Waals surface area contributed by atoms with Crippen LogP contribution < -0.4 is 5.32 Å². The van der Waals surface area contributed by atoms with Gasteiger partial charge in [0, 0.05) is 6.54 Å². The average molecular weight is 339 g/mol. The van der Waals surface area contributed by atoms with Crippen molar-refractivity contribution in [1.82, 2.24) is 5.32 Å². The van der Waals surface area contributed by atoms with E-state index in [0.717, 1.165) is 0 Å². The summed E-state index contributed by atoms with van der Waals surface area (Å²) in [5.74, 6) is -0.887. The molecule has 0 spiro atoms. The minimum Gasteiger partial charge on any atom is -0.464 e. The molecule has 0 aliphatic heterocycles. The third-order valence-electron chi connectivity index (χ3n) is 2.96. The van der Waals surface area contributed by atoms with Crippen LogP contribution in [0.3, 0.4) is 0 Å². The summed E-state index contributed by atoms with van der Waals surface area (Å²) in [6.07, 6.45) is -3.63. The largest absolute Gasteiger partial charge is 0.464 e. The molecule has 7 nitrogen and oxygen atoms in total. The van der Waals surface area contributed by atoms with Gasteiger partial charge in [0.2, 0.25) is 0 Å². The number of amides is 1. The van der Waals surface area contributed by atoms with E-state index in [1.807, 2.05) is 0 Å². The fourth-order valence-corrected chi connectivity index (χ4v) is 1.91. The highest BCUT2D eigenvalue weighted by Crippen LogP contribution is 2.19. The monoisotopic (exact) mass is 339 g/mol. The van der Waals surface area contributed by atoms with Crippen molar-refractivity contribution in [3.8, 4) is 0 Å². The number of hydrogen-bond donors (Lipinski definition) is 3. The van der Waals surface area contributed by atoms with Crippen LogP contribution in [0.2, 0.25) is 0 Å². The maximum atomic E-state index is 11.6. The van der Waals surface area contributed by atoms with E-state index in [4.69, 9.17) is 4.74 Å². The molecular weight excluding hydrogens is 314 g/mol. The topological polar surface area (TPSA) is 105 Å². The molecule has 0 bridgehead atoms. The molecule has 0 radical (unpaired) electrons. The molecule has 1 aromatic carbocycles. The molecule has 24 heavy (non-hydrogen) atoms. The summed E-state index contributed by atoms with van der Waals surface area (Å²) in [7, 11) is 0. The van der Waals surface area contributed by atoms with Gasteiger partial charge in [0.15, 0.2) is 6.10 Å². The molecule has 0 aliphatic rings. The van der Waals surface area contributed by atoms with Crippen molar-refractivity contribution in [3.05, 3.63) is 35.4 Å². The van der Waals surface area contributed by atoms with Crippen LogP contribution in [0.25, 0.3) is 0 Å². The van der Waals surface area contributed by atoms with Gasteiger partial charge in [0.05, 0.1) is 6.61 Å². The third-order valence-corrected chi connectivity index (χ3v) is 2.96. The molecule has 0 aliphatic carbocycles. The SMILES string of the molecule is CCOC(=O)C(O)C(O)c1cccc(CNC(=O)OC(C)(C)C)c1. The number of esters is 1. The van der Waals surface area contributed by atoms with Crippen LogP contribution in [0.4, 0.5) is 4.79 Å². The zero-order valence-corrected chi connectivity index (χ0v) is 14.4. The van der Waals surface area contributed by atoms with Crippen molar-refractivity contribution in [1.29, 1.82) is 0 Å². The summed E-state index contributed by atoms with van der Waals surface area (Å²) in [5, 5.41) is 22.5. The molecule has 2 atom stereocenters. The lowest BCUT2D eigenvalue weighted by molar-refractivity contribution is -0.159. The average Bonchev–Trinajstić information content (AvgIpc) is 2.50. The highest BCUT2D eigenvalue weighted by atomic mass is 16.6. The number of benzene rings is 1. The van der Waals surface area contributed by atoms with Crippen LogP contribution in [0.15, 0.2) is 24.3 Å². The normalized spacial score (nSPS) is 13.8. The van der Waals surface area contributed by atoms with E-state index >= 15 is 0 Å². The Morgan fingerprint density at radius 1 is 1.25 bits per heavy atom. The number of nitrogens with one attached hydrogen (secondary N) is 1. The van der Waals surface area contributed by atoms with Gasteiger partial charge in [-0.2, -0.15) is 0 Å². The lowest BCUT2D eigenvalue weighted by atomic mass is 10.0. The van der Waals surface area contributed by atoms with Gasteiger partial charge in [-0.25, -0.2) is 9.59 Å². The van der Waals surface area contributed by atoms with Gasteiger partial charge >= 0.3 is 12.1 Å². The van der Waals surface area contributed by atoms with Gasteiger partial charge in [-0.05, 0) is 38.8 Å². The second-order valence-electron chi connectivity index (χ2n) is 6.24. The number of aliphatic hydroxyl groups excluding tert-OH is 2. The van der Waals surface area contributed by atoms with Crippen LogP contribution in [0, 0.1) is 0 Å². The fraction of sp³-hybridized carbons (Fsp3) is 0.529. The van der Waals surface area contributed by atoms with Crippen molar-refractivity contribution in [3.63, 3.8) is 0 Å². The smallest absolute Gasteiger partial charge is 0.407 e. The minimum absolute atomic E-state index is 0.114. The first-order valence-corrected chi connectivity index (χ1v) is 7.72. The summed E-state index contributed by atoms with van der Waals surface area (Å²) in [6, 6.07) is 6.56. The number of alkyl carbamates (subject to hydrolysis) is 1. The lowest BCUT2D eigenvalue weighted by Crippen LogP contribution is -2.32. The van der Waals surface area contributed by atoms with Gasteiger partial charge in [-0.15, -0.1) is 0 Å². The Bertz CT molecular complexity index is 566. The Balaban J connectivity index is 2.69. The highest BCUT2D eigenvalue weighted by molar-refractivity contribution is 5.75. The Labute approximate surface area is 141 Å². The van der Waals surface area contributed by atoms with E-state index in [1.165, 1.54) is 0 Å². The van der Waals surface area contributed by atoms with Gasteiger partial charge in [-0.1, -0.05) is 24.3 Å². The molecule has 1 rings (SSSR count). The zero-order chi connectivity index (χ0) is 18.3. The van der Waals surface area contributed by atoms with Crippen LogP contribution >= 0.6 is 0 Å². The Hall–Kier alpha value is -2.12. The van der Waals surface area contributed by atoms with E-state index in [0.29, 0.717) is 11.1 Å². The molecule has 134 valence electrons.